The van der Waals surface area contributed by atoms with Gasteiger partial charge in [-0.2, -0.15) is 0 Å². The highest BCUT2D eigenvalue weighted by atomic mass is 35.5. The fraction of sp³-hybridized carbons (Fsp3) is 0.576. The van der Waals surface area contributed by atoms with Crippen molar-refractivity contribution in [3.8, 4) is 5.75 Å². The third kappa shape index (κ3) is 5.44. The van der Waals surface area contributed by atoms with Crippen molar-refractivity contribution in [2.24, 2.45) is 11.8 Å². The average molecular weight is 613 g/mol. The first kappa shape index (κ1) is 28.5. The number of rotatable bonds is 0. The average Bonchev–Trinajstić information content (AvgIpc) is 3.07. The number of fused-ring (bicyclic) bond motifs is 7. The van der Waals surface area contributed by atoms with E-state index in [0.717, 1.165) is 74.5 Å². The first-order chi connectivity index (χ1) is 20.2. The molecule has 9 heteroatoms. The number of benzene rings is 2. The Hall–Kier alpha value is -2.26. The highest BCUT2D eigenvalue weighted by Gasteiger charge is 2.45. The maximum absolute atomic E-state index is 13.4. The number of hydrogen-bond donors (Lipinski definition) is 1. The van der Waals surface area contributed by atoms with Crippen molar-refractivity contribution in [2.45, 2.75) is 75.6 Å². The molecule has 1 unspecified atom stereocenters. The molecule has 226 valence electrons. The van der Waals surface area contributed by atoms with Crippen molar-refractivity contribution < 1.29 is 23.2 Å². The van der Waals surface area contributed by atoms with Crippen LogP contribution in [-0.2, 0) is 31.0 Å². The van der Waals surface area contributed by atoms with Crippen molar-refractivity contribution in [3.63, 3.8) is 0 Å². The van der Waals surface area contributed by atoms with Gasteiger partial charge in [-0.15, -0.1) is 0 Å². The summed E-state index contributed by atoms with van der Waals surface area (Å²) in [6.07, 6.45) is 7.03. The molecule has 1 spiro atoms. The van der Waals surface area contributed by atoms with Crippen molar-refractivity contribution in [1.29, 1.82) is 0 Å². The van der Waals surface area contributed by atoms with Crippen LogP contribution in [0.2, 0.25) is 5.02 Å². The van der Waals surface area contributed by atoms with Crippen LogP contribution >= 0.6 is 11.6 Å². The number of anilines is 1. The first-order valence-electron chi connectivity index (χ1n) is 15.4. The Morgan fingerprint density at radius 2 is 2.05 bits per heavy atom. The summed E-state index contributed by atoms with van der Waals surface area (Å²) in [7, 11) is -2.91. The van der Waals surface area contributed by atoms with Crippen LogP contribution in [0.15, 0.2) is 36.4 Å². The van der Waals surface area contributed by atoms with Gasteiger partial charge >= 0.3 is 0 Å². The standard InChI is InChI=1S/C33H41ClN2O5S/c1-21-18-42(2,38)35-32(37)23-6-10-30-29(15-23)36(17-24-5-8-27(24)31-16-26(41-21)11-13-39-31)19-33(20-40-30)12-3-4-22-14-25(34)7-9-28(22)33/h6-7,9-10,14-15,21,24,26-27,31H,2-5,8,11-13,16-20H2,1H3,(H,35,37,38)/t21-,24+,26+,27-,31+,33+,42?/m1/s1. The molecule has 7 atom stereocenters. The minimum Gasteiger partial charge on any atom is -0.490 e. The van der Waals surface area contributed by atoms with Crippen molar-refractivity contribution >= 4 is 38.8 Å². The van der Waals surface area contributed by atoms with E-state index in [1.54, 1.807) is 6.07 Å². The van der Waals surface area contributed by atoms with Crippen molar-refractivity contribution in [1.82, 2.24) is 4.72 Å². The van der Waals surface area contributed by atoms with Gasteiger partial charge in [0.05, 0.1) is 46.1 Å². The SMILES string of the molecule is C=S1(=O)C[C@@H](C)O[C@H]2CCO[C@@H](C2)[C@@H]2CC[C@H]2CN2C[C@@]3(CCCc4cc(Cl)ccc43)COc3ccc(cc32)C(=O)N1. The molecule has 42 heavy (non-hydrogen) atoms. The number of carbonyl (C=O) groups is 1. The van der Waals surface area contributed by atoms with Crippen LogP contribution in [0.25, 0.3) is 0 Å². The minimum absolute atomic E-state index is 0.0542. The highest BCUT2D eigenvalue weighted by molar-refractivity contribution is 7.99. The van der Waals surface area contributed by atoms with Crippen LogP contribution in [-0.4, -0.2) is 66.4 Å². The van der Waals surface area contributed by atoms with Crippen LogP contribution in [0.4, 0.5) is 5.69 Å². The normalized spacial score (nSPS) is 36.5. The third-order valence-corrected chi connectivity index (χ3v) is 12.0. The molecule has 1 saturated heterocycles. The summed E-state index contributed by atoms with van der Waals surface area (Å²) >= 11 is 6.42. The zero-order valence-electron chi connectivity index (χ0n) is 24.3. The molecule has 1 amide bonds. The van der Waals surface area contributed by atoms with Crippen molar-refractivity contribution in [3.05, 3.63) is 58.1 Å². The van der Waals surface area contributed by atoms with Gasteiger partial charge in [0.15, 0.2) is 0 Å². The van der Waals surface area contributed by atoms with E-state index >= 15 is 0 Å². The summed E-state index contributed by atoms with van der Waals surface area (Å²) in [4.78, 5) is 15.9. The van der Waals surface area contributed by atoms with Gasteiger partial charge in [-0.3, -0.25) is 9.52 Å². The maximum Gasteiger partial charge on any atom is 0.262 e. The molecule has 3 aliphatic heterocycles. The third-order valence-electron chi connectivity index (χ3n) is 10.2. The maximum atomic E-state index is 13.4. The van der Waals surface area contributed by atoms with Gasteiger partial charge < -0.3 is 19.1 Å². The molecule has 4 bridgehead atoms. The number of aryl methyl sites for hydroxylation is 1. The predicted octanol–water partition coefficient (Wildman–Crippen LogP) is 5.17. The van der Waals surface area contributed by atoms with Crippen LogP contribution in [0.3, 0.4) is 0 Å². The lowest BCUT2D eigenvalue weighted by molar-refractivity contribution is -0.126. The van der Waals surface area contributed by atoms with Gasteiger partial charge in [-0.05, 0) is 105 Å². The number of halogens is 1. The fourth-order valence-corrected chi connectivity index (χ4v) is 9.65. The monoisotopic (exact) mass is 612 g/mol. The Morgan fingerprint density at radius 3 is 2.88 bits per heavy atom. The molecule has 2 fully saturated rings. The van der Waals surface area contributed by atoms with E-state index in [-0.39, 0.29) is 35.4 Å². The smallest absolute Gasteiger partial charge is 0.262 e. The molecule has 1 saturated carbocycles. The Bertz CT molecular complexity index is 1480. The van der Waals surface area contributed by atoms with Gasteiger partial charge in [0.25, 0.3) is 5.91 Å². The van der Waals surface area contributed by atoms with Crippen LogP contribution < -0.4 is 14.4 Å². The molecule has 0 radical (unpaired) electrons. The number of nitrogens with zero attached hydrogens (tertiary/aromatic N) is 1. The zero-order valence-corrected chi connectivity index (χ0v) is 25.9. The molecule has 2 aromatic carbocycles. The summed E-state index contributed by atoms with van der Waals surface area (Å²) in [5.41, 5.74) is 3.82. The molecule has 7 nitrogen and oxygen atoms in total. The second-order valence-electron chi connectivity index (χ2n) is 13.2. The molecule has 5 aliphatic rings. The summed E-state index contributed by atoms with van der Waals surface area (Å²) in [5.74, 6) is 5.39. The van der Waals surface area contributed by atoms with E-state index in [2.05, 4.69) is 27.6 Å². The van der Waals surface area contributed by atoms with E-state index in [4.69, 9.17) is 25.8 Å². The second kappa shape index (κ2) is 11.0. The predicted molar refractivity (Wildman–Crippen MR) is 167 cm³/mol. The van der Waals surface area contributed by atoms with Gasteiger partial charge in [0, 0.05) is 42.1 Å². The van der Waals surface area contributed by atoms with Gasteiger partial charge in [0.1, 0.15) is 5.75 Å². The van der Waals surface area contributed by atoms with E-state index < -0.39 is 9.71 Å². The van der Waals surface area contributed by atoms with Gasteiger partial charge in [-0.1, -0.05) is 17.7 Å². The number of ether oxygens (including phenoxy) is 3. The van der Waals surface area contributed by atoms with Gasteiger partial charge in [0.2, 0.25) is 0 Å². The van der Waals surface area contributed by atoms with E-state index in [0.29, 0.717) is 30.6 Å². The quantitative estimate of drug-likeness (QED) is 0.414. The molecule has 3 heterocycles. The second-order valence-corrected chi connectivity index (χ2v) is 15.8. The first-order valence-corrected chi connectivity index (χ1v) is 17.7. The zero-order chi connectivity index (χ0) is 29.1. The lowest BCUT2D eigenvalue weighted by Gasteiger charge is -2.48. The molecule has 2 aliphatic carbocycles. The minimum atomic E-state index is -2.91. The number of nitrogens with one attached hydrogen (secondary N) is 1. The Kier molecular flexibility index (Phi) is 7.48. The summed E-state index contributed by atoms with van der Waals surface area (Å²) < 4.78 is 35.5. The largest absolute Gasteiger partial charge is 0.490 e. The molecule has 7 rings (SSSR count). The lowest BCUT2D eigenvalue weighted by Crippen LogP contribution is -2.51. The Morgan fingerprint density at radius 1 is 1.17 bits per heavy atom. The Labute approximate surface area is 254 Å². The topological polar surface area (TPSA) is 77.1 Å². The summed E-state index contributed by atoms with van der Waals surface area (Å²) in [6, 6.07) is 11.9. The summed E-state index contributed by atoms with van der Waals surface area (Å²) in [5, 5.41) is 0.771. The van der Waals surface area contributed by atoms with E-state index in [1.165, 1.54) is 11.1 Å². The molecule has 2 aromatic rings. The van der Waals surface area contributed by atoms with Crippen LogP contribution in [0, 0.1) is 11.8 Å². The number of amides is 1. The highest BCUT2D eigenvalue weighted by Crippen LogP contribution is 2.47. The Balaban J connectivity index is 1.29. The number of carbonyl (C=O) groups excluding carboxylic acids is 1. The van der Waals surface area contributed by atoms with E-state index in [9.17, 15) is 9.00 Å². The summed E-state index contributed by atoms with van der Waals surface area (Å²) in [6.45, 7) is 4.82. The fourth-order valence-electron chi connectivity index (χ4n) is 8.08. The molecular weight excluding hydrogens is 572 g/mol. The molecule has 0 aromatic heterocycles. The van der Waals surface area contributed by atoms with Gasteiger partial charge in [-0.25, -0.2) is 4.21 Å². The lowest BCUT2D eigenvalue weighted by atomic mass is 9.67. The van der Waals surface area contributed by atoms with Crippen molar-refractivity contribution in [2.75, 3.05) is 37.0 Å². The van der Waals surface area contributed by atoms with Crippen LogP contribution in [0.5, 0.6) is 5.75 Å². The molecule has 1 N–H and O–H groups in total. The van der Waals surface area contributed by atoms with Crippen LogP contribution in [0.1, 0.15) is 66.9 Å². The molecular formula is C33H41ClN2O5S. The van der Waals surface area contributed by atoms with E-state index in [1.807, 2.05) is 25.1 Å². The number of hydrogen-bond acceptors (Lipinski definition) is 6.